The van der Waals surface area contributed by atoms with Crippen molar-refractivity contribution in [2.75, 3.05) is 0 Å². The van der Waals surface area contributed by atoms with Gasteiger partial charge in [-0.25, -0.2) is 0 Å². The number of hydrogen-bond acceptors (Lipinski definition) is 3. The molecule has 124 valence electrons. The first-order chi connectivity index (χ1) is 11.6. The van der Waals surface area contributed by atoms with Crippen LogP contribution in [-0.2, 0) is 17.8 Å². The standard InChI is InChI=1S/C20H23N3O/c1-2-18(13-19(24)12-15-6-4-3-5-7-15)23-14-16-8-10-17(11-9-16)20(21)22/h3-11H,2,12-14H2,1H3,(H3,21,22). The summed E-state index contributed by atoms with van der Waals surface area (Å²) in [6.45, 7) is 2.56. The van der Waals surface area contributed by atoms with Gasteiger partial charge in [-0.15, -0.1) is 0 Å². The zero-order chi connectivity index (χ0) is 17.4. The van der Waals surface area contributed by atoms with Gasteiger partial charge in [0.1, 0.15) is 11.6 Å². The SMILES string of the molecule is CCC(CC(=O)Cc1ccccc1)=NCc1ccc(C(=N)N)cc1. The lowest BCUT2D eigenvalue weighted by molar-refractivity contribution is -0.117. The van der Waals surface area contributed by atoms with Crippen LogP contribution in [0.15, 0.2) is 59.6 Å². The van der Waals surface area contributed by atoms with E-state index in [0.717, 1.165) is 23.3 Å². The van der Waals surface area contributed by atoms with Gasteiger partial charge in [-0.05, 0) is 17.5 Å². The number of rotatable bonds is 8. The summed E-state index contributed by atoms with van der Waals surface area (Å²) in [5.74, 6) is 0.250. The summed E-state index contributed by atoms with van der Waals surface area (Å²) in [5, 5.41) is 7.39. The molecule has 0 amide bonds. The highest BCUT2D eigenvalue weighted by molar-refractivity contribution is 6.02. The minimum Gasteiger partial charge on any atom is -0.384 e. The number of aliphatic imine (C=N–C) groups is 1. The number of benzene rings is 2. The molecule has 0 radical (unpaired) electrons. The topological polar surface area (TPSA) is 79.3 Å². The number of amidine groups is 1. The van der Waals surface area contributed by atoms with Crippen molar-refractivity contribution in [3.05, 3.63) is 71.3 Å². The van der Waals surface area contributed by atoms with E-state index >= 15 is 0 Å². The van der Waals surface area contributed by atoms with Gasteiger partial charge in [0, 0.05) is 24.1 Å². The zero-order valence-electron chi connectivity index (χ0n) is 14.0. The number of Topliss-reactive ketones (excluding diaryl/α,β-unsaturated/α-hetero) is 1. The number of nitrogens with two attached hydrogens (primary N) is 1. The summed E-state index contributed by atoms with van der Waals surface area (Å²) in [4.78, 5) is 16.8. The van der Waals surface area contributed by atoms with E-state index in [1.807, 2.05) is 61.5 Å². The molecule has 0 aliphatic carbocycles. The van der Waals surface area contributed by atoms with Gasteiger partial charge in [0.15, 0.2) is 0 Å². The van der Waals surface area contributed by atoms with Crippen LogP contribution in [0.25, 0.3) is 0 Å². The third-order valence-corrected chi connectivity index (χ3v) is 3.80. The highest BCUT2D eigenvalue weighted by Crippen LogP contribution is 2.08. The molecule has 2 aromatic rings. The number of nitrogens with zero attached hydrogens (tertiary/aromatic N) is 1. The van der Waals surface area contributed by atoms with Crippen molar-refractivity contribution in [1.82, 2.24) is 0 Å². The van der Waals surface area contributed by atoms with Crippen molar-refractivity contribution >= 4 is 17.3 Å². The molecule has 0 bridgehead atoms. The van der Waals surface area contributed by atoms with Crippen molar-refractivity contribution in [2.24, 2.45) is 10.7 Å². The fourth-order valence-corrected chi connectivity index (χ4v) is 2.40. The predicted molar refractivity (Wildman–Crippen MR) is 98.7 cm³/mol. The summed E-state index contributed by atoms with van der Waals surface area (Å²) in [6, 6.07) is 17.3. The van der Waals surface area contributed by atoms with Crippen molar-refractivity contribution in [3.8, 4) is 0 Å². The van der Waals surface area contributed by atoms with E-state index in [1.165, 1.54) is 0 Å². The van der Waals surface area contributed by atoms with Gasteiger partial charge in [0.2, 0.25) is 0 Å². The van der Waals surface area contributed by atoms with Crippen LogP contribution >= 0.6 is 0 Å². The van der Waals surface area contributed by atoms with Crippen LogP contribution < -0.4 is 5.73 Å². The average Bonchev–Trinajstić information content (AvgIpc) is 2.59. The predicted octanol–water partition coefficient (Wildman–Crippen LogP) is 3.52. The van der Waals surface area contributed by atoms with Gasteiger partial charge >= 0.3 is 0 Å². The van der Waals surface area contributed by atoms with Gasteiger partial charge in [0.05, 0.1) is 6.54 Å². The van der Waals surface area contributed by atoms with E-state index < -0.39 is 0 Å². The lowest BCUT2D eigenvalue weighted by atomic mass is 10.0. The highest BCUT2D eigenvalue weighted by atomic mass is 16.1. The third kappa shape index (κ3) is 5.47. The smallest absolute Gasteiger partial charge is 0.142 e. The fraction of sp³-hybridized carbons (Fsp3) is 0.250. The Morgan fingerprint density at radius 3 is 2.29 bits per heavy atom. The molecule has 0 aliphatic heterocycles. The Morgan fingerprint density at radius 2 is 1.71 bits per heavy atom. The molecule has 2 aromatic carbocycles. The molecule has 4 heteroatoms. The van der Waals surface area contributed by atoms with E-state index in [-0.39, 0.29) is 11.6 Å². The van der Waals surface area contributed by atoms with E-state index in [0.29, 0.717) is 24.9 Å². The quantitative estimate of drug-likeness (QED) is 0.576. The maximum atomic E-state index is 12.2. The largest absolute Gasteiger partial charge is 0.384 e. The van der Waals surface area contributed by atoms with E-state index in [9.17, 15) is 4.79 Å². The summed E-state index contributed by atoms with van der Waals surface area (Å²) < 4.78 is 0. The van der Waals surface area contributed by atoms with E-state index in [4.69, 9.17) is 11.1 Å². The molecule has 24 heavy (non-hydrogen) atoms. The van der Waals surface area contributed by atoms with Crippen LogP contribution in [0.3, 0.4) is 0 Å². The maximum absolute atomic E-state index is 12.2. The van der Waals surface area contributed by atoms with Crippen molar-refractivity contribution in [1.29, 1.82) is 5.41 Å². The van der Waals surface area contributed by atoms with Crippen LogP contribution in [0.2, 0.25) is 0 Å². The summed E-state index contributed by atoms with van der Waals surface area (Å²) in [7, 11) is 0. The zero-order valence-corrected chi connectivity index (χ0v) is 14.0. The van der Waals surface area contributed by atoms with Crippen LogP contribution in [0.1, 0.15) is 36.5 Å². The number of carbonyl (C=O) groups excluding carboxylic acids is 1. The number of nitrogen functional groups attached to an aromatic ring is 1. The Labute approximate surface area is 142 Å². The minimum absolute atomic E-state index is 0.0609. The molecular weight excluding hydrogens is 298 g/mol. The van der Waals surface area contributed by atoms with Crippen LogP contribution in [0.4, 0.5) is 0 Å². The molecule has 0 aromatic heterocycles. The Kier molecular flexibility index (Phi) is 6.43. The molecule has 0 saturated carbocycles. The van der Waals surface area contributed by atoms with Gasteiger partial charge in [-0.2, -0.15) is 0 Å². The van der Waals surface area contributed by atoms with Gasteiger partial charge < -0.3 is 5.73 Å². The second-order valence-corrected chi connectivity index (χ2v) is 5.72. The first-order valence-electron chi connectivity index (χ1n) is 8.09. The second-order valence-electron chi connectivity index (χ2n) is 5.72. The lowest BCUT2D eigenvalue weighted by Gasteiger charge is -2.05. The van der Waals surface area contributed by atoms with E-state index in [1.54, 1.807) is 0 Å². The molecule has 2 rings (SSSR count). The highest BCUT2D eigenvalue weighted by Gasteiger charge is 2.07. The van der Waals surface area contributed by atoms with Crippen LogP contribution in [0.5, 0.6) is 0 Å². The average molecular weight is 321 g/mol. The number of nitrogens with one attached hydrogen (secondary N) is 1. The molecule has 4 nitrogen and oxygen atoms in total. The van der Waals surface area contributed by atoms with Crippen molar-refractivity contribution in [3.63, 3.8) is 0 Å². The molecule has 0 fully saturated rings. The Morgan fingerprint density at radius 1 is 1.04 bits per heavy atom. The third-order valence-electron chi connectivity index (χ3n) is 3.80. The summed E-state index contributed by atoms with van der Waals surface area (Å²) in [5.41, 5.74) is 9.15. The summed E-state index contributed by atoms with van der Waals surface area (Å²) in [6.07, 6.45) is 1.62. The van der Waals surface area contributed by atoms with Gasteiger partial charge in [0.25, 0.3) is 0 Å². The monoisotopic (exact) mass is 321 g/mol. The lowest BCUT2D eigenvalue weighted by Crippen LogP contribution is -2.11. The first-order valence-corrected chi connectivity index (χ1v) is 8.09. The number of carbonyl (C=O) groups is 1. The molecular formula is C20H23N3O. The summed E-state index contributed by atoms with van der Waals surface area (Å²) >= 11 is 0. The molecule has 0 spiro atoms. The van der Waals surface area contributed by atoms with Crippen molar-refractivity contribution in [2.45, 2.75) is 32.7 Å². The Balaban J connectivity index is 1.93. The molecule has 0 saturated heterocycles. The van der Waals surface area contributed by atoms with E-state index in [2.05, 4.69) is 4.99 Å². The molecule has 0 atom stereocenters. The van der Waals surface area contributed by atoms with Crippen molar-refractivity contribution < 1.29 is 4.79 Å². The Bertz CT molecular complexity index is 718. The maximum Gasteiger partial charge on any atom is 0.142 e. The molecule has 0 aliphatic rings. The second kappa shape index (κ2) is 8.77. The molecule has 3 N–H and O–H groups in total. The fourth-order valence-electron chi connectivity index (χ4n) is 2.40. The molecule has 0 heterocycles. The first kappa shape index (κ1) is 17.6. The minimum atomic E-state index is 0.0609. The number of hydrogen-bond donors (Lipinski definition) is 2. The van der Waals surface area contributed by atoms with Crippen LogP contribution in [-0.4, -0.2) is 17.3 Å². The number of ketones is 1. The van der Waals surface area contributed by atoms with Crippen LogP contribution in [0, 0.1) is 5.41 Å². The molecule has 0 unspecified atom stereocenters. The Hall–Kier alpha value is -2.75. The van der Waals surface area contributed by atoms with Gasteiger partial charge in [-0.1, -0.05) is 61.5 Å². The normalized spacial score (nSPS) is 11.3. The van der Waals surface area contributed by atoms with Gasteiger partial charge in [-0.3, -0.25) is 15.2 Å².